The van der Waals surface area contributed by atoms with Crippen LogP contribution in [0.4, 0.5) is 0 Å². The summed E-state index contributed by atoms with van der Waals surface area (Å²) in [5.41, 5.74) is 2.33. The lowest BCUT2D eigenvalue weighted by Crippen LogP contribution is -1.90. The highest BCUT2D eigenvalue weighted by atomic mass is 14.7. The van der Waals surface area contributed by atoms with E-state index >= 15 is 0 Å². The van der Waals surface area contributed by atoms with Crippen molar-refractivity contribution in [2.45, 2.75) is 77.6 Å². The molecule has 0 saturated carbocycles. The van der Waals surface area contributed by atoms with Gasteiger partial charge in [0.1, 0.15) is 0 Å². The maximum atomic E-state index is 4.45. The molecular weight excluding hydrogens is 242 g/mol. The lowest BCUT2D eigenvalue weighted by Gasteiger charge is -2.03. The molecule has 0 atom stereocenters. The molecule has 1 heteroatoms. The number of aryl methyl sites for hydroxylation is 1. The van der Waals surface area contributed by atoms with Gasteiger partial charge in [0.05, 0.1) is 0 Å². The fourth-order valence-corrected chi connectivity index (χ4v) is 2.50. The fourth-order valence-electron chi connectivity index (χ4n) is 2.50. The first kappa shape index (κ1) is 16.9. The molecule has 1 heterocycles. The fraction of sp³-hybridized carbons (Fsp3) is 0.632. The largest absolute Gasteiger partial charge is 0.261 e. The quantitative estimate of drug-likeness (QED) is 0.414. The Morgan fingerprint density at radius 1 is 0.900 bits per heavy atom. The average Bonchev–Trinajstić information content (AvgIpc) is 2.50. The third kappa shape index (κ3) is 8.14. The maximum Gasteiger partial charge on any atom is 0.0404 e. The van der Waals surface area contributed by atoms with Gasteiger partial charge in [0, 0.05) is 11.9 Å². The molecule has 0 aliphatic carbocycles. The number of aromatic nitrogens is 1. The number of pyridine rings is 1. The first-order valence-corrected chi connectivity index (χ1v) is 8.44. The van der Waals surface area contributed by atoms with Crippen LogP contribution >= 0.6 is 0 Å². The first-order valence-electron chi connectivity index (χ1n) is 8.44. The summed E-state index contributed by atoms with van der Waals surface area (Å²) in [4.78, 5) is 4.45. The van der Waals surface area contributed by atoms with E-state index in [1.54, 1.807) is 0 Å². The molecule has 0 amide bonds. The Morgan fingerprint density at radius 3 is 2.00 bits per heavy atom. The van der Waals surface area contributed by atoms with Crippen LogP contribution in [0.2, 0.25) is 0 Å². The molecule has 0 bridgehead atoms. The van der Waals surface area contributed by atoms with Gasteiger partial charge in [-0.2, -0.15) is 0 Å². The van der Waals surface area contributed by atoms with E-state index in [2.05, 4.69) is 30.6 Å². The summed E-state index contributed by atoms with van der Waals surface area (Å²) >= 11 is 0. The minimum absolute atomic E-state index is 1.11. The second-order valence-corrected chi connectivity index (χ2v) is 5.72. The van der Waals surface area contributed by atoms with Gasteiger partial charge in [0.15, 0.2) is 0 Å². The Kier molecular flexibility index (Phi) is 9.91. The molecule has 1 nitrogen and oxygen atoms in total. The van der Waals surface area contributed by atoms with E-state index < -0.39 is 0 Å². The summed E-state index contributed by atoms with van der Waals surface area (Å²) in [5.74, 6) is 0. The van der Waals surface area contributed by atoms with Gasteiger partial charge < -0.3 is 0 Å². The predicted octanol–water partition coefficient (Wildman–Crippen LogP) is 6.19. The highest BCUT2D eigenvalue weighted by molar-refractivity contribution is 5.44. The summed E-state index contributed by atoms with van der Waals surface area (Å²) in [6, 6.07) is 4.23. The van der Waals surface area contributed by atoms with Crippen LogP contribution in [-0.2, 0) is 6.42 Å². The minimum Gasteiger partial charge on any atom is -0.261 e. The van der Waals surface area contributed by atoms with Gasteiger partial charge >= 0.3 is 0 Å². The van der Waals surface area contributed by atoms with Gasteiger partial charge in [-0.1, -0.05) is 83.4 Å². The Bertz CT molecular complexity index is 339. The lowest BCUT2D eigenvalue weighted by atomic mass is 10.1. The first-order chi connectivity index (χ1) is 9.86. The molecule has 0 saturated heterocycles. The topological polar surface area (TPSA) is 12.9 Å². The lowest BCUT2D eigenvalue weighted by molar-refractivity contribution is 0.555. The van der Waals surface area contributed by atoms with Gasteiger partial charge in [-0.3, -0.25) is 4.98 Å². The summed E-state index contributed by atoms with van der Waals surface area (Å²) in [7, 11) is 0. The molecule has 0 spiro atoms. The molecule has 1 aromatic heterocycles. The Morgan fingerprint density at radius 2 is 1.50 bits per heavy atom. The van der Waals surface area contributed by atoms with Crippen molar-refractivity contribution >= 4 is 6.08 Å². The molecule has 0 aliphatic rings. The van der Waals surface area contributed by atoms with Gasteiger partial charge in [-0.25, -0.2) is 0 Å². The third-order valence-corrected chi connectivity index (χ3v) is 3.87. The van der Waals surface area contributed by atoms with Crippen molar-refractivity contribution in [2.24, 2.45) is 0 Å². The molecule has 1 rings (SSSR count). The van der Waals surface area contributed by atoms with Crippen LogP contribution in [0.15, 0.2) is 24.9 Å². The molecule has 112 valence electrons. The average molecular weight is 273 g/mol. The van der Waals surface area contributed by atoms with Crippen LogP contribution in [0.5, 0.6) is 0 Å². The summed E-state index contributed by atoms with van der Waals surface area (Å²) in [6.07, 6.45) is 18.8. The molecule has 0 aliphatic heterocycles. The van der Waals surface area contributed by atoms with E-state index in [4.69, 9.17) is 0 Å². The molecule has 0 radical (unpaired) electrons. The Balaban J connectivity index is 1.92. The molecule has 0 N–H and O–H groups in total. The second kappa shape index (κ2) is 11.7. The van der Waals surface area contributed by atoms with Crippen molar-refractivity contribution in [1.82, 2.24) is 4.98 Å². The van der Waals surface area contributed by atoms with Crippen LogP contribution in [0, 0.1) is 0 Å². The highest BCUT2D eigenvalue weighted by Crippen LogP contribution is 2.12. The number of hydrogen-bond donors (Lipinski definition) is 0. The minimum atomic E-state index is 1.11. The van der Waals surface area contributed by atoms with Crippen molar-refractivity contribution in [3.63, 3.8) is 0 Å². The van der Waals surface area contributed by atoms with Gasteiger partial charge in [0.2, 0.25) is 0 Å². The number of nitrogens with zero attached hydrogens (tertiary/aromatic N) is 1. The van der Waals surface area contributed by atoms with Crippen LogP contribution in [0.25, 0.3) is 6.08 Å². The second-order valence-electron chi connectivity index (χ2n) is 5.72. The van der Waals surface area contributed by atoms with Crippen LogP contribution in [0.1, 0.15) is 82.4 Å². The van der Waals surface area contributed by atoms with Crippen molar-refractivity contribution in [1.29, 1.82) is 0 Å². The standard InChI is InChI=1S/C19H31N/c1-3-5-6-7-8-9-10-11-12-13-14-19-16-15-18(4-2)17-20-19/h4,15-17H,2-3,5-14H2,1H3. The van der Waals surface area contributed by atoms with E-state index in [9.17, 15) is 0 Å². The van der Waals surface area contributed by atoms with Crippen molar-refractivity contribution < 1.29 is 0 Å². The highest BCUT2D eigenvalue weighted by Gasteiger charge is 1.96. The molecule has 0 fully saturated rings. The molecule has 20 heavy (non-hydrogen) atoms. The van der Waals surface area contributed by atoms with Crippen LogP contribution in [0.3, 0.4) is 0 Å². The maximum absolute atomic E-state index is 4.45. The predicted molar refractivity (Wildman–Crippen MR) is 89.9 cm³/mol. The zero-order valence-electron chi connectivity index (χ0n) is 13.2. The summed E-state index contributed by atoms with van der Waals surface area (Å²) < 4.78 is 0. The van der Waals surface area contributed by atoms with E-state index in [0.717, 1.165) is 12.0 Å². The summed E-state index contributed by atoms with van der Waals surface area (Å²) in [5, 5.41) is 0. The van der Waals surface area contributed by atoms with Gasteiger partial charge in [0.25, 0.3) is 0 Å². The van der Waals surface area contributed by atoms with Crippen LogP contribution < -0.4 is 0 Å². The van der Waals surface area contributed by atoms with Crippen molar-refractivity contribution in [3.05, 3.63) is 36.2 Å². The van der Waals surface area contributed by atoms with Crippen molar-refractivity contribution in [2.75, 3.05) is 0 Å². The SMILES string of the molecule is C=Cc1ccc(CCCCCCCCCCCC)nc1. The molecule has 1 aromatic rings. The van der Waals surface area contributed by atoms with Crippen molar-refractivity contribution in [3.8, 4) is 0 Å². The van der Waals surface area contributed by atoms with E-state index in [-0.39, 0.29) is 0 Å². The smallest absolute Gasteiger partial charge is 0.0404 e. The zero-order chi connectivity index (χ0) is 14.5. The third-order valence-electron chi connectivity index (χ3n) is 3.87. The monoisotopic (exact) mass is 273 g/mol. The number of unbranched alkanes of at least 4 members (excludes halogenated alkanes) is 9. The number of rotatable bonds is 12. The Labute approximate surface area is 125 Å². The van der Waals surface area contributed by atoms with Gasteiger partial charge in [-0.15, -0.1) is 0 Å². The molecular formula is C19H31N. The number of hydrogen-bond acceptors (Lipinski definition) is 1. The Hall–Kier alpha value is -1.11. The van der Waals surface area contributed by atoms with E-state index in [0.29, 0.717) is 0 Å². The molecule has 0 unspecified atom stereocenters. The van der Waals surface area contributed by atoms with E-state index in [1.807, 2.05) is 12.3 Å². The normalized spacial score (nSPS) is 10.7. The van der Waals surface area contributed by atoms with Gasteiger partial charge in [-0.05, 0) is 24.5 Å². The summed E-state index contributed by atoms with van der Waals surface area (Å²) in [6.45, 7) is 6.03. The zero-order valence-corrected chi connectivity index (χ0v) is 13.2. The van der Waals surface area contributed by atoms with Crippen LogP contribution in [-0.4, -0.2) is 4.98 Å². The molecule has 0 aromatic carbocycles. The van der Waals surface area contributed by atoms with E-state index in [1.165, 1.54) is 69.9 Å².